The zero-order valence-electron chi connectivity index (χ0n) is 38.0. The summed E-state index contributed by atoms with van der Waals surface area (Å²) >= 11 is 0. The molecule has 0 radical (unpaired) electrons. The van der Waals surface area contributed by atoms with Crippen molar-refractivity contribution in [1.82, 2.24) is 0 Å². The van der Waals surface area contributed by atoms with Crippen LogP contribution < -0.4 is 0 Å². The van der Waals surface area contributed by atoms with Gasteiger partial charge in [0.25, 0.3) is 0 Å². The van der Waals surface area contributed by atoms with E-state index in [1.165, 1.54) is 0 Å². The Morgan fingerprint density at radius 1 is 0.500 bits per heavy atom. The third-order valence-electron chi connectivity index (χ3n) is 8.02. The Morgan fingerprint density at radius 2 is 1.14 bits per heavy atom. The summed E-state index contributed by atoms with van der Waals surface area (Å²) in [5.74, 6) is 0. The van der Waals surface area contributed by atoms with E-state index >= 15 is 0 Å². The lowest BCUT2D eigenvalue weighted by Crippen LogP contribution is -1.95. The van der Waals surface area contributed by atoms with Crippen LogP contribution in [-0.4, -0.2) is 0 Å². The monoisotopic (exact) mass is 575 g/mol. The molecule has 0 aliphatic rings. The normalized spacial score (nSPS) is 16.5. The van der Waals surface area contributed by atoms with E-state index in [-0.39, 0.29) is 49.0 Å². The van der Waals surface area contributed by atoms with Gasteiger partial charge in [0.05, 0.1) is 20.6 Å². The molecule has 0 bridgehead atoms. The Kier molecular flexibility index (Phi) is 3.22. The molecule has 0 N–H and O–H groups in total. The maximum atomic E-state index is 9.25. The van der Waals surface area contributed by atoms with Crippen molar-refractivity contribution in [3.8, 4) is 22.3 Å². The van der Waals surface area contributed by atoms with Gasteiger partial charge in [-0.2, -0.15) is 0 Å². The number of para-hydroxylation sites is 1. The molecule has 9 aromatic rings. The highest BCUT2D eigenvalue weighted by molar-refractivity contribution is 6.16. The van der Waals surface area contributed by atoms with Crippen LogP contribution in [0.5, 0.6) is 0 Å². The summed E-state index contributed by atoms with van der Waals surface area (Å²) < 4.78 is 138. The Labute approximate surface area is 276 Å². The third-order valence-corrected chi connectivity index (χ3v) is 8.02. The quantitative estimate of drug-likeness (QED) is 0.190. The second-order valence-electron chi connectivity index (χ2n) is 10.5. The molecule has 1 aromatic heterocycles. The minimum absolute atomic E-state index is 0.0607. The minimum Gasteiger partial charge on any atom is -0.456 e. The number of fused-ring (bicyclic) bond motifs is 6. The maximum absolute atomic E-state index is 9.25. The van der Waals surface area contributed by atoms with Gasteiger partial charge in [-0.25, -0.2) is 0 Å². The van der Waals surface area contributed by atoms with Gasteiger partial charge in [-0.05, 0) is 84.3 Å². The average Bonchev–Trinajstić information content (AvgIpc) is 3.63. The lowest BCUT2D eigenvalue weighted by molar-refractivity contribution is 0.669. The summed E-state index contributed by atoms with van der Waals surface area (Å²) in [6, 6.07) is 11.8. The summed E-state index contributed by atoms with van der Waals surface area (Å²) in [7, 11) is 0. The first-order valence-corrected chi connectivity index (χ1v) is 14.0. The molecule has 0 aliphatic carbocycles. The minimum atomic E-state index is -0.650. The highest BCUT2D eigenvalue weighted by Crippen LogP contribution is 2.42. The highest BCUT2D eigenvalue weighted by atomic mass is 16.3. The van der Waals surface area contributed by atoms with Crippen LogP contribution in [-0.2, 0) is 6.42 Å². The third kappa shape index (κ3) is 3.94. The largest absolute Gasteiger partial charge is 0.456 e. The molecule has 1 nitrogen and oxygen atoms in total. The molecule has 0 fully saturated rings. The molecule has 9 rings (SSSR count). The van der Waals surface area contributed by atoms with Crippen LogP contribution in [0.15, 0.2) is 162 Å². The van der Waals surface area contributed by atoms with E-state index < -0.39 is 97.1 Å². The number of benzene rings is 8. The van der Waals surface area contributed by atoms with Gasteiger partial charge in [0.1, 0.15) is 11.2 Å². The maximum Gasteiger partial charge on any atom is 0.136 e. The zero-order valence-corrected chi connectivity index (χ0v) is 23.0. The molecule has 0 saturated heterocycles. The Morgan fingerprint density at radius 3 is 1.91 bits per heavy atom. The average molecular weight is 576 g/mol. The second kappa shape index (κ2) is 9.97. The van der Waals surface area contributed by atoms with Crippen LogP contribution in [0.25, 0.3) is 76.5 Å². The van der Waals surface area contributed by atoms with Gasteiger partial charge in [-0.15, -0.1) is 0 Å². The molecule has 0 amide bonds. The lowest BCUT2D eigenvalue weighted by atomic mass is 9.86. The van der Waals surface area contributed by atoms with Crippen molar-refractivity contribution < 1.29 is 25.0 Å². The fourth-order valence-corrected chi connectivity index (χ4v) is 6.09. The van der Waals surface area contributed by atoms with Gasteiger partial charge in [0.15, 0.2) is 0 Å². The van der Waals surface area contributed by atoms with E-state index in [4.69, 9.17) is 18.1 Å². The fraction of sp³-hybridized carbons (Fsp3) is 0.0233. The highest BCUT2D eigenvalue weighted by Gasteiger charge is 2.17. The molecule has 206 valence electrons. The summed E-state index contributed by atoms with van der Waals surface area (Å²) in [6.45, 7) is 0. The molecule has 0 unspecified atom stereocenters. The standard InChI is InChI=1S/C43H28O/c1-2-11-32-26-28(20-21-29(32)10-1)27-39-34-12-3-5-14-36(34)42(37-15-6-4-13-35(37)39)31-24-22-30(23-25-31)33-17-9-19-41-43(33)38-16-7-8-18-40(38)44-41/h1-26H,27H2/i1D,2D,3D,4D,5D,6D,10D,11D,12D,13D,14D,15D,20D,21D,26D. The molecule has 1 heterocycles. The van der Waals surface area contributed by atoms with Crippen molar-refractivity contribution in [2.24, 2.45) is 0 Å². The van der Waals surface area contributed by atoms with E-state index in [1.807, 2.05) is 54.6 Å². The summed E-state index contributed by atoms with van der Waals surface area (Å²) in [6.07, 6.45) is -0.554. The predicted molar refractivity (Wildman–Crippen MR) is 186 cm³/mol. The SMILES string of the molecule is [2H]c1c([2H])c([2H])c2c([2H])c(Cc3c4c([2H])c([2H])c([2H])c([2H])c4c(-c4ccc(-c5cccc6oc7ccccc7c56)cc4)c4c([2H])c([2H])c([2H])c([2H])c34)c([2H])c([2H])c2c1[2H]. The predicted octanol–water partition coefficient (Wildman–Crippen LogP) is 12.0. The Balaban J connectivity index is 1.39. The van der Waals surface area contributed by atoms with Crippen LogP contribution in [0.1, 0.15) is 31.7 Å². The van der Waals surface area contributed by atoms with Crippen molar-refractivity contribution in [2.45, 2.75) is 6.42 Å². The molecule has 1 heteroatoms. The van der Waals surface area contributed by atoms with Gasteiger partial charge < -0.3 is 4.42 Å². The van der Waals surface area contributed by atoms with Gasteiger partial charge in [0.2, 0.25) is 0 Å². The van der Waals surface area contributed by atoms with Crippen molar-refractivity contribution in [2.75, 3.05) is 0 Å². The van der Waals surface area contributed by atoms with Crippen molar-refractivity contribution >= 4 is 54.3 Å². The van der Waals surface area contributed by atoms with Crippen molar-refractivity contribution in [1.29, 1.82) is 0 Å². The van der Waals surface area contributed by atoms with E-state index in [0.717, 1.165) is 27.5 Å². The molecule has 8 aromatic carbocycles. The van der Waals surface area contributed by atoms with E-state index in [9.17, 15) is 6.85 Å². The van der Waals surface area contributed by atoms with Crippen molar-refractivity contribution in [3.05, 3.63) is 168 Å². The molecule has 44 heavy (non-hydrogen) atoms. The van der Waals surface area contributed by atoms with E-state index in [0.29, 0.717) is 11.1 Å². The molecule has 0 saturated carbocycles. The van der Waals surface area contributed by atoms with Crippen molar-refractivity contribution in [3.63, 3.8) is 0 Å². The Bertz CT molecular complexity index is 3270. The fourth-order valence-electron chi connectivity index (χ4n) is 6.09. The molecule has 0 aliphatic heterocycles. The summed E-state index contributed by atoms with van der Waals surface area (Å²) in [5.41, 5.74) is 3.25. The molecular formula is C43H28O. The van der Waals surface area contributed by atoms with Gasteiger partial charge in [-0.3, -0.25) is 0 Å². The first-order chi connectivity index (χ1) is 28.1. The van der Waals surface area contributed by atoms with Gasteiger partial charge in [0, 0.05) is 10.8 Å². The van der Waals surface area contributed by atoms with Crippen LogP contribution in [0.3, 0.4) is 0 Å². The number of furan rings is 1. The Hall–Kier alpha value is -5.66. The molecule has 0 atom stereocenters. The summed E-state index contributed by atoms with van der Waals surface area (Å²) in [5, 5.41) is 0.784. The number of hydrogen-bond donors (Lipinski definition) is 0. The van der Waals surface area contributed by atoms with Gasteiger partial charge >= 0.3 is 0 Å². The lowest BCUT2D eigenvalue weighted by Gasteiger charge is -2.18. The smallest absolute Gasteiger partial charge is 0.136 e. The summed E-state index contributed by atoms with van der Waals surface area (Å²) in [4.78, 5) is 0. The van der Waals surface area contributed by atoms with Crippen LogP contribution in [0.2, 0.25) is 0 Å². The topological polar surface area (TPSA) is 13.1 Å². The number of hydrogen-bond acceptors (Lipinski definition) is 1. The number of rotatable bonds is 4. The first-order valence-electron chi connectivity index (χ1n) is 21.5. The molecule has 0 spiro atoms. The van der Waals surface area contributed by atoms with Crippen LogP contribution >= 0.6 is 0 Å². The van der Waals surface area contributed by atoms with Gasteiger partial charge in [-0.1, -0.05) is 145 Å². The first kappa shape index (κ1) is 14.2. The van der Waals surface area contributed by atoms with Crippen LogP contribution in [0.4, 0.5) is 0 Å². The molecular weight excluding hydrogens is 532 g/mol. The van der Waals surface area contributed by atoms with E-state index in [2.05, 4.69) is 0 Å². The van der Waals surface area contributed by atoms with E-state index in [1.54, 1.807) is 12.1 Å². The second-order valence-corrected chi connectivity index (χ2v) is 10.5. The van der Waals surface area contributed by atoms with Crippen LogP contribution in [0, 0.1) is 0 Å². The zero-order chi connectivity index (χ0) is 42.1.